The van der Waals surface area contributed by atoms with Crippen LogP contribution in [0.15, 0.2) is 18.2 Å². The molecule has 0 spiro atoms. The molecule has 1 atom stereocenters. The first-order valence-electron chi connectivity index (χ1n) is 9.31. The third-order valence-electron chi connectivity index (χ3n) is 5.61. The van der Waals surface area contributed by atoms with Gasteiger partial charge < -0.3 is 9.80 Å². The molecule has 6 nitrogen and oxygen atoms in total. The highest BCUT2D eigenvalue weighted by Crippen LogP contribution is 2.33. The van der Waals surface area contributed by atoms with Gasteiger partial charge in [0.1, 0.15) is 5.69 Å². The van der Waals surface area contributed by atoms with E-state index < -0.39 is 0 Å². The SMILES string of the molecule is CC1CCN(c2ccc(C(=O)N3CCCCC3C)cc2[N+](=O)[O-])CC1. The maximum Gasteiger partial charge on any atom is 0.293 e. The largest absolute Gasteiger partial charge is 0.366 e. The van der Waals surface area contributed by atoms with Gasteiger partial charge in [0.25, 0.3) is 11.6 Å². The topological polar surface area (TPSA) is 66.7 Å². The van der Waals surface area contributed by atoms with Crippen LogP contribution in [0.4, 0.5) is 11.4 Å². The van der Waals surface area contributed by atoms with Gasteiger partial charge in [0.2, 0.25) is 0 Å². The molecule has 2 heterocycles. The van der Waals surface area contributed by atoms with E-state index in [9.17, 15) is 14.9 Å². The van der Waals surface area contributed by atoms with E-state index in [1.165, 1.54) is 6.07 Å². The number of nitrogens with zero attached hydrogens (tertiary/aromatic N) is 3. The van der Waals surface area contributed by atoms with E-state index in [0.717, 1.165) is 51.7 Å². The molecule has 2 fully saturated rings. The van der Waals surface area contributed by atoms with E-state index in [0.29, 0.717) is 17.2 Å². The van der Waals surface area contributed by atoms with Crippen LogP contribution < -0.4 is 4.90 Å². The van der Waals surface area contributed by atoms with Gasteiger partial charge in [-0.25, -0.2) is 0 Å². The molecular formula is C19H27N3O3. The van der Waals surface area contributed by atoms with Crippen LogP contribution in [-0.2, 0) is 0 Å². The summed E-state index contributed by atoms with van der Waals surface area (Å²) in [5, 5.41) is 11.6. The predicted octanol–water partition coefficient (Wildman–Crippen LogP) is 3.85. The number of rotatable bonds is 3. The molecule has 1 unspecified atom stereocenters. The number of nitro groups is 1. The molecule has 1 aromatic carbocycles. The first kappa shape index (κ1) is 17.7. The van der Waals surface area contributed by atoms with Crippen molar-refractivity contribution in [3.8, 4) is 0 Å². The highest BCUT2D eigenvalue weighted by Gasteiger charge is 2.28. The fraction of sp³-hybridized carbons (Fsp3) is 0.632. The Morgan fingerprint density at radius 2 is 1.84 bits per heavy atom. The summed E-state index contributed by atoms with van der Waals surface area (Å²) in [6.45, 7) is 6.67. The number of benzene rings is 1. The minimum Gasteiger partial charge on any atom is -0.366 e. The van der Waals surface area contributed by atoms with Crippen LogP contribution in [-0.4, -0.2) is 41.4 Å². The average molecular weight is 345 g/mol. The van der Waals surface area contributed by atoms with Gasteiger partial charge in [-0.05, 0) is 57.1 Å². The molecule has 0 aliphatic carbocycles. The lowest BCUT2D eigenvalue weighted by molar-refractivity contribution is -0.384. The number of carbonyl (C=O) groups excluding carboxylic acids is 1. The van der Waals surface area contributed by atoms with Crippen molar-refractivity contribution in [3.05, 3.63) is 33.9 Å². The average Bonchev–Trinajstić information content (AvgIpc) is 2.62. The van der Waals surface area contributed by atoms with Gasteiger partial charge in [0.05, 0.1) is 4.92 Å². The highest BCUT2D eigenvalue weighted by atomic mass is 16.6. The standard InChI is InChI=1S/C19H27N3O3/c1-14-8-11-20(12-9-14)17-7-6-16(13-18(17)22(24)25)19(23)21-10-4-3-5-15(21)2/h6-7,13-15H,3-5,8-12H2,1-2H3. The molecule has 3 rings (SSSR count). The van der Waals surface area contributed by atoms with Crippen molar-refractivity contribution in [2.45, 2.75) is 52.0 Å². The van der Waals surface area contributed by atoms with Crippen molar-refractivity contribution in [1.29, 1.82) is 0 Å². The Morgan fingerprint density at radius 1 is 1.12 bits per heavy atom. The molecule has 0 saturated carbocycles. The number of likely N-dealkylation sites (tertiary alicyclic amines) is 1. The second-order valence-electron chi connectivity index (χ2n) is 7.47. The summed E-state index contributed by atoms with van der Waals surface area (Å²) in [7, 11) is 0. The molecule has 0 radical (unpaired) electrons. The molecule has 0 bridgehead atoms. The monoisotopic (exact) mass is 345 g/mol. The third kappa shape index (κ3) is 3.78. The second kappa shape index (κ2) is 7.42. The van der Waals surface area contributed by atoms with E-state index in [2.05, 4.69) is 18.7 Å². The fourth-order valence-electron chi connectivity index (χ4n) is 3.89. The summed E-state index contributed by atoms with van der Waals surface area (Å²) in [6, 6.07) is 5.18. The lowest BCUT2D eigenvalue weighted by Gasteiger charge is -2.34. The van der Waals surface area contributed by atoms with Crippen LogP contribution in [0.2, 0.25) is 0 Å². The Labute approximate surface area is 148 Å². The zero-order valence-electron chi connectivity index (χ0n) is 15.1. The Kier molecular flexibility index (Phi) is 5.25. The van der Waals surface area contributed by atoms with Gasteiger partial charge >= 0.3 is 0 Å². The number of piperidine rings is 2. The minimum atomic E-state index is -0.357. The summed E-state index contributed by atoms with van der Waals surface area (Å²) in [5.74, 6) is 0.575. The van der Waals surface area contributed by atoms with E-state index in [1.807, 2.05) is 4.90 Å². The minimum absolute atomic E-state index is 0.0464. The number of nitro benzene ring substituents is 1. The number of hydrogen-bond acceptors (Lipinski definition) is 4. The van der Waals surface area contributed by atoms with Crippen LogP contribution in [0.5, 0.6) is 0 Å². The summed E-state index contributed by atoms with van der Waals surface area (Å²) in [5.41, 5.74) is 1.11. The van der Waals surface area contributed by atoms with Crippen LogP contribution in [0, 0.1) is 16.0 Å². The van der Waals surface area contributed by atoms with E-state index in [-0.39, 0.29) is 22.6 Å². The van der Waals surface area contributed by atoms with Crippen molar-refractivity contribution < 1.29 is 9.72 Å². The summed E-state index contributed by atoms with van der Waals surface area (Å²) >= 11 is 0. The summed E-state index contributed by atoms with van der Waals surface area (Å²) < 4.78 is 0. The predicted molar refractivity (Wildman–Crippen MR) is 98.1 cm³/mol. The van der Waals surface area contributed by atoms with Gasteiger partial charge in [-0.2, -0.15) is 0 Å². The molecule has 2 aliphatic rings. The maximum atomic E-state index is 12.8. The number of amides is 1. The van der Waals surface area contributed by atoms with Gasteiger partial charge in [-0.1, -0.05) is 6.92 Å². The van der Waals surface area contributed by atoms with Crippen molar-refractivity contribution in [3.63, 3.8) is 0 Å². The molecule has 2 aliphatic heterocycles. The molecule has 0 N–H and O–H groups in total. The Bertz CT molecular complexity index is 653. The molecule has 1 amide bonds. The lowest BCUT2D eigenvalue weighted by atomic mass is 9.98. The molecule has 1 aromatic rings. The van der Waals surface area contributed by atoms with Crippen molar-refractivity contribution in [1.82, 2.24) is 4.90 Å². The van der Waals surface area contributed by atoms with Crippen LogP contribution in [0.1, 0.15) is 56.3 Å². The Hall–Kier alpha value is -2.11. The van der Waals surface area contributed by atoms with Crippen LogP contribution in [0.25, 0.3) is 0 Å². The second-order valence-corrected chi connectivity index (χ2v) is 7.47. The van der Waals surface area contributed by atoms with E-state index >= 15 is 0 Å². The maximum absolute atomic E-state index is 12.8. The van der Waals surface area contributed by atoms with Crippen molar-refractivity contribution >= 4 is 17.3 Å². The third-order valence-corrected chi connectivity index (χ3v) is 5.61. The lowest BCUT2D eigenvalue weighted by Crippen LogP contribution is -2.42. The molecule has 6 heteroatoms. The Balaban J connectivity index is 1.86. The van der Waals surface area contributed by atoms with Crippen molar-refractivity contribution in [2.75, 3.05) is 24.5 Å². The van der Waals surface area contributed by atoms with E-state index in [4.69, 9.17) is 0 Å². The summed E-state index contributed by atoms with van der Waals surface area (Å²) in [6.07, 6.45) is 5.23. The molecule has 136 valence electrons. The number of carbonyl (C=O) groups is 1. The summed E-state index contributed by atoms with van der Waals surface area (Å²) in [4.78, 5) is 28.0. The molecule has 2 saturated heterocycles. The first-order chi connectivity index (χ1) is 12.0. The van der Waals surface area contributed by atoms with Crippen LogP contribution in [0.3, 0.4) is 0 Å². The molecule has 0 aromatic heterocycles. The van der Waals surface area contributed by atoms with Gasteiger partial charge in [0, 0.05) is 37.3 Å². The fourth-order valence-corrected chi connectivity index (χ4v) is 3.89. The zero-order chi connectivity index (χ0) is 18.0. The smallest absolute Gasteiger partial charge is 0.293 e. The molecule has 25 heavy (non-hydrogen) atoms. The Morgan fingerprint density at radius 3 is 2.48 bits per heavy atom. The van der Waals surface area contributed by atoms with Crippen LogP contribution >= 0.6 is 0 Å². The van der Waals surface area contributed by atoms with Crippen molar-refractivity contribution in [2.24, 2.45) is 5.92 Å². The van der Waals surface area contributed by atoms with Gasteiger partial charge in [-0.3, -0.25) is 14.9 Å². The first-order valence-corrected chi connectivity index (χ1v) is 9.31. The van der Waals surface area contributed by atoms with Gasteiger partial charge in [-0.15, -0.1) is 0 Å². The van der Waals surface area contributed by atoms with E-state index in [1.54, 1.807) is 12.1 Å². The normalized spacial score (nSPS) is 22.1. The number of hydrogen-bond donors (Lipinski definition) is 0. The zero-order valence-corrected chi connectivity index (χ0v) is 15.1. The molecular weight excluding hydrogens is 318 g/mol. The quantitative estimate of drug-likeness (QED) is 0.616. The highest BCUT2D eigenvalue weighted by molar-refractivity contribution is 5.96. The van der Waals surface area contributed by atoms with Gasteiger partial charge in [0.15, 0.2) is 0 Å². The number of anilines is 1.